The lowest BCUT2D eigenvalue weighted by molar-refractivity contribution is 0.0581. The number of carboxylic acids is 1. The topological polar surface area (TPSA) is 143 Å². The number of anilines is 1. The molecular formula is C26H24N4O6. The Hall–Kier alpha value is -4.78. The van der Waals surface area contributed by atoms with Crippen LogP contribution < -0.4 is 4.90 Å². The van der Waals surface area contributed by atoms with Gasteiger partial charge in [-0.25, -0.2) is 24.4 Å². The van der Waals surface area contributed by atoms with Gasteiger partial charge in [-0.2, -0.15) is 5.26 Å². The predicted octanol–water partition coefficient (Wildman–Crippen LogP) is 4.60. The minimum atomic E-state index is -1.21. The molecule has 1 amide bonds. The SMILES string of the molecule is C=C(C#N)CN(C(=O)OC(C)(C)C)c1c(C(=O)OC)ccc2ccc(-c3nccc(C(=O)O)n3)cc12. The molecule has 0 atom stereocenters. The minimum absolute atomic E-state index is 0.0546. The molecule has 0 aliphatic heterocycles. The van der Waals surface area contributed by atoms with E-state index in [2.05, 4.69) is 16.5 Å². The number of hydrogen-bond acceptors (Lipinski definition) is 8. The highest BCUT2D eigenvalue weighted by Crippen LogP contribution is 2.35. The van der Waals surface area contributed by atoms with Crippen LogP contribution in [0.2, 0.25) is 0 Å². The van der Waals surface area contributed by atoms with Gasteiger partial charge in [0.2, 0.25) is 0 Å². The fourth-order valence-corrected chi connectivity index (χ4v) is 3.40. The molecule has 2 aromatic carbocycles. The number of benzene rings is 2. The third-order valence-electron chi connectivity index (χ3n) is 4.92. The molecule has 1 heterocycles. The summed E-state index contributed by atoms with van der Waals surface area (Å²) >= 11 is 0. The Morgan fingerprint density at radius 3 is 2.47 bits per heavy atom. The largest absolute Gasteiger partial charge is 0.477 e. The summed E-state index contributed by atoms with van der Waals surface area (Å²) in [4.78, 5) is 46.8. The minimum Gasteiger partial charge on any atom is -0.477 e. The maximum Gasteiger partial charge on any atom is 0.415 e. The highest BCUT2D eigenvalue weighted by atomic mass is 16.6. The van der Waals surface area contributed by atoms with E-state index >= 15 is 0 Å². The van der Waals surface area contributed by atoms with Crippen LogP contribution in [0, 0.1) is 11.3 Å². The first-order valence-electron chi connectivity index (χ1n) is 10.8. The number of aromatic carboxylic acids is 1. The van der Waals surface area contributed by atoms with Gasteiger partial charge in [0, 0.05) is 22.7 Å². The molecule has 0 radical (unpaired) electrons. The van der Waals surface area contributed by atoms with Crippen molar-refractivity contribution in [2.24, 2.45) is 0 Å². The molecule has 10 heteroatoms. The molecule has 1 N–H and O–H groups in total. The first-order valence-corrected chi connectivity index (χ1v) is 10.8. The van der Waals surface area contributed by atoms with Crippen LogP contribution in [-0.4, -0.2) is 52.4 Å². The van der Waals surface area contributed by atoms with E-state index in [0.29, 0.717) is 16.3 Å². The van der Waals surface area contributed by atoms with Gasteiger partial charge < -0.3 is 14.6 Å². The number of esters is 1. The number of rotatable bonds is 6. The van der Waals surface area contributed by atoms with Gasteiger partial charge in [0.15, 0.2) is 11.5 Å². The van der Waals surface area contributed by atoms with E-state index < -0.39 is 23.6 Å². The first-order chi connectivity index (χ1) is 16.9. The zero-order chi connectivity index (χ0) is 26.6. The fraction of sp³-hybridized carbons (Fsp3) is 0.231. The molecule has 36 heavy (non-hydrogen) atoms. The van der Waals surface area contributed by atoms with Gasteiger partial charge in [0.1, 0.15) is 5.60 Å². The Morgan fingerprint density at radius 1 is 1.17 bits per heavy atom. The van der Waals surface area contributed by atoms with Gasteiger partial charge in [-0.15, -0.1) is 0 Å². The van der Waals surface area contributed by atoms with Crippen molar-refractivity contribution in [3.8, 4) is 17.5 Å². The van der Waals surface area contributed by atoms with Crippen molar-refractivity contribution in [1.29, 1.82) is 5.26 Å². The Kier molecular flexibility index (Phi) is 7.34. The summed E-state index contributed by atoms with van der Waals surface area (Å²) in [5, 5.41) is 19.7. The van der Waals surface area contributed by atoms with Crippen LogP contribution in [0.1, 0.15) is 41.6 Å². The number of aromatic nitrogens is 2. The van der Waals surface area contributed by atoms with E-state index in [4.69, 9.17) is 9.47 Å². The highest BCUT2D eigenvalue weighted by Gasteiger charge is 2.29. The molecular weight excluding hydrogens is 464 g/mol. The van der Waals surface area contributed by atoms with Crippen LogP contribution in [0.4, 0.5) is 10.5 Å². The molecule has 3 aromatic rings. The third-order valence-corrected chi connectivity index (χ3v) is 4.92. The summed E-state index contributed by atoms with van der Waals surface area (Å²) in [6.07, 6.45) is 0.525. The molecule has 0 saturated carbocycles. The Bertz CT molecular complexity index is 1420. The van der Waals surface area contributed by atoms with Crippen molar-refractivity contribution < 1.29 is 29.0 Å². The summed E-state index contributed by atoms with van der Waals surface area (Å²) in [7, 11) is 1.21. The van der Waals surface area contributed by atoms with Crippen molar-refractivity contribution in [2.75, 3.05) is 18.6 Å². The van der Waals surface area contributed by atoms with Gasteiger partial charge in [-0.05, 0) is 44.4 Å². The van der Waals surface area contributed by atoms with E-state index in [1.54, 1.807) is 45.0 Å². The number of amides is 1. The van der Waals surface area contributed by atoms with Crippen molar-refractivity contribution >= 4 is 34.5 Å². The van der Waals surface area contributed by atoms with Crippen LogP contribution in [0.15, 0.2) is 54.7 Å². The van der Waals surface area contributed by atoms with Crippen molar-refractivity contribution in [3.63, 3.8) is 0 Å². The summed E-state index contributed by atoms with van der Waals surface area (Å²) in [5.41, 5.74) is -0.362. The summed E-state index contributed by atoms with van der Waals surface area (Å²) in [6.45, 7) is 8.51. The van der Waals surface area contributed by atoms with E-state index in [1.807, 2.05) is 6.07 Å². The quantitative estimate of drug-likeness (QED) is 0.389. The second-order valence-corrected chi connectivity index (χ2v) is 8.74. The van der Waals surface area contributed by atoms with Crippen LogP contribution in [0.5, 0.6) is 0 Å². The molecule has 10 nitrogen and oxygen atoms in total. The molecule has 3 rings (SSSR count). The molecule has 0 spiro atoms. The van der Waals surface area contributed by atoms with Crippen molar-refractivity contribution in [2.45, 2.75) is 26.4 Å². The lowest BCUT2D eigenvalue weighted by atomic mass is 9.99. The smallest absolute Gasteiger partial charge is 0.415 e. The zero-order valence-corrected chi connectivity index (χ0v) is 20.2. The molecule has 0 fully saturated rings. The Morgan fingerprint density at radius 2 is 1.86 bits per heavy atom. The maximum atomic E-state index is 13.3. The van der Waals surface area contributed by atoms with E-state index in [-0.39, 0.29) is 34.9 Å². The molecule has 0 saturated heterocycles. The number of methoxy groups -OCH3 is 1. The van der Waals surface area contributed by atoms with Gasteiger partial charge in [0.25, 0.3) is 0 Å². The molecule has 184 valence electrons. The summed E-state index contributed by atoms with van der Waals surface area (Å²) < 4.78 is 10.5. The number of nitrogens with zero attached hydrogens (tertiary/aromatic N) is 4. The molecule has 0 aliphatic rings. The van der Waals surface area contributed by atoms with E-state index in [1.165, 1.54) is 25.4 Å². The fourth-order valence-electron chi connectivity index (χ4n) is 3.40. The molecule has 0 unspecified atom stereocenters. The molecule has 0 aliphatic carbocycles. The van der Waals surface area contributed by atoms with Crippen LogP contribution in [-0.2, 0) is 9.47 Å². The number of nitriles is 1. The first kappa shape index (κ1) is 25.8. The normalized spacial score (nSPS) is 10.9. The number of hydrogen-bond donors (Lipinski definition) is 1. The third kappa shape index (κ3) is 5.64. The summed E-state index contributed by atoms with van der Waals surface area (Å²) in [5.74, 6) is -1.78. The average molecular weight is 489 g/mol. The Labute approximate surface area is 207 Å². The van der Waals surface area contributed by atoms with Crippen LogP contribution >= 0.6 is 0 Å². The molecule has 1 aromatic heterocycles. The highest BCUT2D eigenvalue weighted by molar-refractivity contribution is 6.12. The lowest BCUT2D eigenvalue weighted by Crippen LogP contribution is -2.39. The van der Waals surface area contributed by atoms with Gasteiger partial charge in [-0.3, -0.25) is 4.90 Å². The average Bonchev–Trinajstić information content (AvgIpc) is 2.84. The monoisotopic (exact) mass is 488 g/mol. The molecule has 0 bridgehead atoms. The van der Waals surface area contributed by atoms with E-state index in [9.17, 15) is 24.8 Å². The Balaban J connectivity index is 2.33. The zero-order valence-electron chi connectivity index (χ0n) is 20.2. The number of carbonyl (C=O) groups is 3. The van der Waals surface area contributed by atoms with Crippen LogP contribution in [0.25, 0.3) is 22.2 Å². The second kappa shape index (κ2) is 10.2. The van der Waals surface area contributed by atoms with Crippen molar-refractivity contribution in [3.05, 3.63) is 66.0 Å². The van der Waals surface area contributed by atoms with Gasteiger partial charge in [-0.1, -0.05) is 24.8 Å². The number of carbonyl (C=O) groups excluding carboxylic acids is 2. The maximum absolute atomic E-state index is 13.3. The standard InChI is InChI=1S/C26H24N4O6/c1-15(13-27)14-30(25(34)36-26(2,3)4)21-18(24(33)35-5)9-8-16-6-7-17(12-19(16)21)22-28-11-10-20(29-22)23(31)32/h6-12H,1,14H2,2-5H3,(H,31,32). The van der Waals surface area contributed by atoms with Gasteiger partial charge >= 0.3 is 18.0 Å². The lowest BCUT2D eigenvalue weighted by Gasteiger charge is -2.29. The van der Waals surface area contributed by atoms with Crippen molar-refractivity contribution in [1.82, 2.24) is 9.97 Å². The van der Waals surface area contributed by atoms with Gasteiger partial charge in [0.05, 0.1) is 31.0 Å². The number of fused-ring (bicyclic) bond motifs is 1. The second-order valence-electron chi connectivity index (χ2n) is 8.74. The van der Waals surface area contributed by atoms with E-state index in [0.717, 1.165) is 4.90 Å². The predicted molar refractivity (Wildman–Crippen MR) is 132 cm³/mol. The summed E-state index contributed by atoms with van der Waals surface area (Å²) in [6, 6.07) is 11.4. The number of carboxylic acid groups (broad SMARTS) is 1. The number of ether oxygens (including phenoxy) is 2. The van der Waals surface area contributed by atoms with Crippen LogP contribution in [0.3, 0.4) is 0 Å².